The van der Waals surface area contributed by atoms with E-state index in [4.69, 9.17) is 30.0 Å². The van der Waals surface area contributed by atoms with Crippen LogP contribution >= 0.6 is 0 Å². The van der Waals surface area contributed by atoms with Gasteiger partial charge in [-0.15, -0.1) is 0 Å². The first-order chi connectivity index (χ1) is 20.2. The van der Waals surface area contributed by atoms with Crippen LogP contribution in [0.25, 0.3) is 12.2 Å². The standard InChI is InChI=1S/C33H24N8/c1-3-11-19-18(4-2)26-34-27(19)36-29-22-14-7-8-15-23(22)31(38-29)40-33-25-17-10-9-16-24(25)32(41-33)39-30-21-13-6-5-12-20(21)28(35-26)37-30/h3-17,28,30,37H,1H2,2H3,(H,34,35,36,38,39,40,41)/b18-4+,19-11+. The van der Waals surface area contributed by atoms with Crippen molar-refractivity contribution in [3.8, 4) is 0 Å². The average molecular weight is 533 g/mol. The molecule has 3 aromatic carbocycles. The molecule has 4 aliphatic rings. The molecule has 2 N–H and O–H groups in total. The van der Waals surface area contributed by atoms with Crippen LogP contribution in [-0.2, 0) is 0 Å². The maximum absolute atomic E-state index is 5.16. The second-order valence-electron chi connectivity index (χ2n) is 10.0. The van der Waals surface area contributed by atoms with E-state index in [-0.39, 0.29) is 12.3 Å². The summed E-state index contributed by atoms with van der Waals surface area (Å²) < 4.78 is 0. The van der Waals surface area contributed by atoms with Crippen LogP contribution in [-0.4, -0.2) is 28.3 Å². The molecule has 41 heavy (non-hydrogen) atoms. The first kappa shape index (κ1) is 23.5. The fraction of sp³-hybridized carbons (Fsp3) is 0.0909. The molecule has 8 rings (SSSR count). The Labute approximate surface area is 235 Å². The van der Waals surface area contributed by atoms with Crippen LogP contribution in [0.3, 0.4) is 0 Å². The van der Waals surface area contributed by atoms with E-state index in [1.165, 1.54) is 0 Å². The van der Waals surface area contributed by atoms with E-state index in [1.807, 2.05) is 79.7 Å². The summed E-state index contributed by atoms with van der Waals surface area (Å²) in [5, 5.41) is 5.46. The number of hydrogen-bond acceptors (Lipinski definition) is 7. The van der Waals surface area contributed by atoms with Gasteiger partial charge in [-0.05, 0) is 18.1 Å². The number of nitrogens with zero attached hydrogens (tertiary/aromatic N) is 6. The molecule has 8 heteroatoms. The lowest BCUT2D eigenvalue weighted by molar-refractivity contribution is 0.513. The van der Waals surface area contributed by atoms with Crippen LogP contribution in [0, 0.1) is 0 Å². The number of benzene rings is 3. The molecule has 4 aromatic rings. The largest absolute Gasteiger partial charge is 0.324 e. The summed E-state index contributed by atoms with van der Waals surface area (Å²) in [4.78, 5) is 33.6. The van der Waals surface area contributed by atoms with Gasteiger partial charge in [-0.2, -0.15) is 0 Å². The van der Waals surface area contributed by atoms with Crippen molar-refractivity contribution in [1.29, 1.82) is 0 Å². The minimum absolute atomic E-state index is 0.315. The van der Waals surface area contributed by atoms with Gasteiger partial charge >= 0.3 is 0 Å². The number of nitrogens with one attached hydrogen (secondary N) is 2. The van der Waals surface area contributed by atoms with E-state index < -0.39 is 0 Å². The number of allylic oxidation sites excluding steroid dienone is 1. The molecular weight excluding hydrogens is 508 g/mol. The Morgan fingerprint density at radius 1 is 0.610 bits per heavy atom. The molecule has 0 aliphatic carbocycles. The van der Waals surface area contributed by atoms with Gasteiger partial charge in [0.25, 0.3) is 0 Å². The third kappa shape index (κ3) is 3.65. The van der Waals surface area contributed by atoms with E-state index in [1.54, 1.807) is 6.08 Å². The zero-order chi connectivity index (χ0) is 27.5. The molecule has 0 saturated heterocycles. The highest BCUT2D eigenvalue weighted by atomic mass is 15.2. The van der Waals surface area contributed by atoms with Gasteiger partial charge in [0, 0.05) is 32.7 Å². The maximum Gasteiger partial charge on any atom is 0.164 e. The normalized spacial score (nSPS) is 22.7. The monoisotopic (exact) mass is 532 g/mol. The van der Waals surface area contributed by atoms with Gasteiger partial charge in [0.1, 0.15) is 23.3 Å². The summed E-state index contributed by atoms with van der Waals surface area (Å²) in [7, 11) is 0. The zero-order valence-corrected chi connectivity index (χ0v) is 22.2. The summed E-state index contributed by atoms with van der Waals surface area (Å²) in [6.07, 6.45) is 5.11. The van der Waals surface area contributed by atoms with Crippen LogP contribution in [0.1, 0.15) is 52.6 Å². The molecule has 0 fully saturated rings. The predicted octanol–water partition coefficient (Wildman–Crippen LogP) is 2.75. The number of hydrogen-bond donors (Lipinski definition) is 2. The highest BCUT2D eigenvalue weighted by molar-refractivity contribution is 6.29. The molecule has 1 aromatic heterocycles. The van der Waals surface area contributed by atoms with Gasteiger partial charge in [0.2, 0.25) is 0 Å². The molecule has 0 saturated carbocycles. The number of H-pyrrole nitrogens is 1. The molecule has 0 spiro atoms. The highest BCUT2D eigenvalue weighted by Crippen LogP contribution is 2.35. The Hall–Kier alpha value is -5.34. The molecule has 2 unspecified atom stereocenters. The average Bonchev–Trinajstić information content (AvgIpc) is 3.72. The van der Waals surface area contributed by atoms with Gasteiger partial charge in [0.05, 0.1) is 0 Å². The Bertz CT molecular complexity index is 2180. The lowest BCUT2D eigenvalue weighted by atomic mass is 10.1. The fourth-order valence-electron chi connectivity index (χ4n) is 5.82. The predicted molar refractivity (Wildman–Crippen MR) is 161 cm³/mol. The van der Waals surface area contributed by atoms with Crippen LogP contribution in [0.15, 0.2) is 115 Å². The lowest BCUT2D eigenvalue weighted by Crippen LogP contribution is -2.38. The molecular formula is C33H24N8. The van der Waals surface area contributed by atoms with Crippen molar-refractivity contribution < 1.29 is 0 Å². The number of aliphatic imine (C=N–C) groups is 4. The van der Waals surface area contributed by atoms with E-state index in [0.29, 0.717) is 28.8 Å². The van der Waals surface area contributed by atoms with Crippen LogP contribution in [0.5, 0.6) is 0 Å². The van der Waals surface area contributed by atoms with E-state index in [0.717, 1.165) is 49.3 Å². The molecule has 196 valence electrons. The van der Waals surface area contributed by atoms with Gasteiger partial charge in [0.15, 0.2) is 23.3 Å². The number of aromatic amines is 1. The Morgan fingerprint density at radius 2 is 1.12 bits per heavy atom. The van der Waals surface area contributed by atoms with Crippen molar-refractivity contribution >= 4 is 35.5 Å². The Kier molecular flexibility index (Phi) is 5.23. The molecule has 0 amide bonds. The third-order valence-electron chi connectivity index (χ3n) is 7.69. The van der Waals surface area contributed by atoms with Crippen molar-refractivity contribution in [1.82, 2.24) is 10.3 Å². The second kappa shape index (κ2) is 9.11. The maximum atomic E-state index is 5.16. The molecule has 0 radical (unpaired) electrons. The SMILES string of the molecule is C=C/C=c1/c2[nH]c(/c1=C/C)=N\C1NC(/N=C3\N=C(N=C4N=C(N=2)c2ccccc24)c2ccccc23)c2ccccc21. The van der Waals surface area contributed by atoms with Gasteiger partial charge < -0.3 is 4.98 Å². The summed E-state index contributed by atoms with van der Waals surface area (Å²) in [6.45, 7) is 5.94. The Balaban J connectivity index is 1.48. The van der Waals surface area contributed by atoms with Gasteiger partial charge in [-0.25, -0.2) is 30.0 Å². The van der Waals surface area contributed by atoms with Gasteiger partial charge in [-0.1, -0.05) is 97.6 Å². The zero-order valence-electron chi connectivity index (χ0n) is 22.2. The van der Waals surface area contributed by atoms with Crippen LogP contribution in [0.2, 0.25) is 0 Å². The molecule has 4 aliphatic heterocycles. The van der Waals surface area contributed by atoms with Crippen molar-refractivity contribution in [3.05, 3.63) is 140 Å². The van der Waals surface area contributed by atoms with Crippen molar-refractivity contribution in [2.24, 2.45) is 30.0 Å². The number of fused-ring (bicyclic) bond motifs is 15. The smallest absolute Gasteiger partial charge is 0.164 e. The molecule has 2 atom stereocenters. The van der Waals surface area contributed by atoms with E-state index in [9.17, 15) is 0 Å². The summed E-state index contributed by atoms with van der Waals surface area (Å²) in [6, 6.07) is 24.3. The number of aromatic nitrogens is 1. The van der Waals surface area contributed by atoms with E-state index in [2.05, 4.69) is 29.0 Å². The fourth-order valence-corrected chi connectivity index (χ4v) is 5.82. The summed E-state index contributed by atoms with van der Waals surface area (Å²) >= 11 is 0. The third-order valence-corrected chi connectivity index (χ3v) is 7.69. The second-order valence-corrected chi connectivity index (χ2v) is 10.0. The lowest BCUT2D eigenvalue weighted by Gasteiger charge is -2.09. The first-order valence-corrected chi connectivity index (χ1v) is 13.5. The number of amidine groups is 4. The topological polar surface area (TPSA) is 102 Å². The minimum atomic E-state index is -0.323. The summed E-state index contributed by atoms with van der Waals surface area (Å²) in [5.41, 5.74) is 7.20. The minimum Gasteiger partial charge on any atom is -0.324 e. The molecule has 5 heterocycles. The molecule has 8 bridgehead atoms. The van der Waals surface area contributed by atoms with Gasteiger partial charge in [-0.3, -0.25) is 5.32 Å². The van der Waals surface area contributed by atoms with Crippen molar-refractivity contribution in [2.75, 3.05) is 0 Å². The summed E-state index contributed by atoms with van der Waals surface area (Å²) in [5.74, 6) is 2.36. The first-order valence-electron chi connectivity index (χ1n) is 13.5. The van der Waals surface area contributed by atoms with E-state index >= 15 is 0 Å². The number of rotatable bonds is 1. The Morgan fingerprint density at radius 3 is 1.71 bits per heavy atom. The van der Waals surface area contributed by atoms with Crippen LogP contribution < -0.4 is 26.7 Å². The van der Waals surface area contributed by atoms with Crippen molar-refractivity contribution in [3.63, 3.8) is 0 Å². The highest BCUT2D eigenvalue weighted by Gasteiger charge is 2.32. The van der Waals surface area contributed by atoms with Crippen molar-refractivity contribution in [2.45, 2.75) is 19.3 Å². The van der Waals surface area contributed by atoms with Crippen LogP contribution in [0.4, 0.5) is 0 Å². The molecule has 8 nitrogen and oxygen atoms in total. The quantitative estimate of drug-likeness (QED) is 0.387.